The molecule has 3 aliphatic rings. The van der Waals surface area contributed by atoms with Crippen molar-refractivity contribution in [3.05, 3.63) is 0 Å². The molecule has 0 aromatic heterocycles. The number of nitrogens with zero attached hydrogens (tertiary/aromatic N) is 1. The quantitative estimate of drug-likeness (QED) is 0.395. The van der Waals surface area contributed by atoms with Gasteiger partial charge in [0, 0.05) is 30.1 Å². The first-order valence-electron chi connectivity index (χ1n) is 12.8. The van der Waals surface area contributed by atoms with E-state index in [1.54, 1.807) is 0 Å². The summed E-state index contributed by atoms with van der Waals surface area (Å²) in [5.41, 5.74) is 0.403. The monoisotopic (exact) mass is 461 g/mol. The molecule has 0 aliphatic carbocycles. The summed E-state index contributed by atoms with van der Waals surface area (Å²) >= 11 is 2.03. The summed E-state index contributed by atoms with van der Waals surface area (Å²) < 4.78 is 0. The van der Waals surface area contributed by atoms with E-state index < -0.39 is 0 Å². The highest BCUT2D eigenvalue weighted by molar-refractivity contribution is 7.99. The molecule has 0 atom stereocenters. The summed E-state index contributed by atoms with van der Waals surface area (Å²) in [6, 6.07) is 0. The van der Waals surface area contributed by atoms with Crippen LogP contribution >= 0.6 is 11.8 Å². The third-order valence-corrected chi connectivity index (χ3v) is 5.34. The van der Waals surface area contributed by atoms with Gasteiger partial charge in [0.1, 0.15) is 0 Å². The van der Waals surface area contributed by atoms with Crippen LogP contribution in [-0.2, 0) is 0 Å². The van der Waals surface area contributed by atoms with Gasteiger partial charge >= 0.3 is 0 Å². The zero-order chi connectivity index (χ0) is 23.3. The number of likely N-dealkylation sites (tertiary alicyclic amines) is 1. The number of hydrogen-bond acceptors (Lipinski definition) is 4. The van der Waals surface area contributed by atoms with E-state index in [-0.39, 0.29) is 7.43 Å². The molecule has 0 aromatic carbocycles. The Balaban J connectivity index is -0.000000330. The molecule has 3 fully saturated rings. The Morgan fingerprint density at radius 1 is 0.613 bits per heavy atom. The van der Waals surface area contributed by atoms with Crippen LogP contribution in [0.15, 0.2) is 0 Å². The summed E-state index contributed by atoms with van der Waals surface area (Å²) in [6.07, 6.45) is 8.45. The van der Waals surface area contributed by atoms with E-state index in [2.05, 4.69) is 77.8 Å². The molecule has 0 spiro atoms. The first-order valence-corrected chi connectivity index (χ1v) is 14.0. The zero-order valence-corrected chi connectivity index (χ0v) is 23.2. The van der Waals surface area contributed by atoms with E-state index in [0.29, 0.717) is 5.54 Å². The highest BCUT2D eigenvalue weighted by Gasteiger charge is 2.22. The van der Waals surface area contributed by atoms with Crippen molar-refractivity contribution in [2.24, 2.45) is 11.8 Å². The molecule has 2 N–H and O–H groups in total. The lowest BCUT2D eigenvalue weighted by Gasteiger charge is -2.38. The second-order valence-electron chi connectivity index (χ2n) is 10.9. The third kappa shape index (κ3) is 35.0. The Labute approximate surface area is 203 Å². The predicted octanol–water partition coefficient (Wildman–Crippen LogP) is 7.31. The number of thioether (sulfide) groups is 1. The summed E-state index contributed by atoms with van der Waals surface area (Å²) in [4.78, 5) is 2.58. The molecule has 3 saturated heterocycles. The van der Waals surface area contributed by atoms with Gasteiger partial charge in [0.05, 0.1) is 0 Å². The minimum Gasteiger partial charge on any atom is -0.317 e. The number of hydrogen-bond donors (Lipinski definition) is 2. The molecular weight excluding hydrogens is 398 g/mol. The molecule has 0 aromatic rings. The highest BCUT2D eigenvalue weighted by atomic mass is 32.2. The number of piperidine rings is 2. The topological polar surface area (TPSA) is 27.3 Å². The second-order valence-corrected chi connectivity index (χ2v) is 12.1. The van der Waals surface area contributed by atoms with Crippen molar-refractivity contribution in [3.8, 4) is 0 Å². The van der Waals surface area contributed by atoms with Gasteiger partial charge in [-0.2, -0.15) is 11.8 Å². The predicted molar refractivity (Wildman–Crippen MR) is 150 cm³/mol. The van der Waals surface area contributed by atoms with Gasteiger partial charge in [-0.05, 0) is 84.5 Å². The van der Waals surface area contributed by atoms with Crippen LogP contribution < -0.4 is 10.6 Å². The van der Waals surface area contributed by atoms with Crippen LogP contribution in [0, 0.1) is 11.8 Å². The molecule has 0 radical (unpaired) electrons. The van der Waals surface area contributed by atoms with Crippen LogP contribution in [0.4, 0.5) is 0 Å². The van der Waals surface area contributed by atoms with Gasteiger partial charge in [-0.15, -0.1) is 0 Å². The third-order valence-electron chi connectivity index (χ3n) is 4.36. The largest absolute Gasteiger partial charge is 0.317 e. The fourth-order valence-electron chi connectivity index (χ4n) is 2.88. The number of rotatable bonds is 0. The van der Waals surface area contributed by atoms with E-state index in [4.69, 9.17) is 0 Å². The smallest absolute Gasteiger partial charge is 0.0125 e. The number of nitrogens with one attached hydrogen (secondary N) is 2. The Morgan fingerprint density at radius 2 is 0.968 bits per heavy atom. The fraction of sp³-hybridized carbons (Fsp3) is 1.00. The van der Waals surface area contributed by atoms with Crippen molar-refractivity contribution in [2.75, 3.05) is 50.8 Å². The van der Waals surface area contributed by atoms with Crippen molar-refractivity contribution in [1.82, 2.24) is 15.5 Å². The van der Waals surface area contributed by atoms with Gasteiger partial charge in [0.25, 0.3) is 0 Å². The van der Waals surface area contributed by atoms with Crippen molar-refractivity contribution in [1.29, 1.82) is 0 Å². The Morgan fingerprint density at radius 3 is 1.13 bits per heavy atom. The van der Waals surface area contributed by atoms with E-state index in [9.17, 15) is 0 Å². The molecule has 0 bridgehead atoms. The summed E-state index contributed by atoms with van der Waals surface area (Å²) in [6.45, 7) is 27.5. The van der Waals surface area contributed by atoms with Crippen LogP contribution in [0.5, 0.6) is 0 Å². The molecule has 3 nitrogen and oxygen atoms in total. The molecule has 0 saturated carbocycles. The SMILES string of the molecule is C.C1CCNCC1.C1CSCCN1.CC(C)(C)N1CCCCC1.CC(C)C.CC(C)C. The van der Waals surface area contributed by atoms with Crippen LogP contribution in [0.1, 0.15) is 108 Å². The Bertz CT molecular complexity index is 266. The van der Waals surface area contributed by atoms with Gasteiger partial charge in [0.15, 0.2) is 0 Å². The molecule has 3 aliphatic heterocycles. The lowest BCUT2D eigenvalue weighted by molar-refractivity contribution is 0.111. The molecule has 3 heterocycles. The molecular formula is C27H63N3S. The van der Waals surface area contributed by atoms with Crippen molar-refractivity contribution < 1.29 is 0 Å². The minimum absolute atomic E-state index is 0. The lowest BCUT2D eigenvalue weighted by atomic mass is 10.0. The lowest BCUT2D eigenvalue weighted by Crippen LogP contribution is -2.44. The average molecular weight is 462 g/mol. The van der Waals surface area contributed by atoms with Crippen LogP contribution in [0.25, 0.3) is 0 Å². The van der Waals surface area contributed by atoms with Crippen molar-refractivity contribution in [3.63, 3.8) is 0 Å². The average Bonchev–Trinajstić information content (AvgIpc) is 2.71. The first-order chi connectivity index (χ1) is 14.1. The van der Waals surface area contributed by atoms with Crippen molar-refractivity contribution >= 4 is 11.8 Å². The standard InChI is InChI=1S/C9H19N.C5H11N.C4H9NS.2C4H10.CH4/c1-9(2,3)10-7-5-4-6-8-10;1-2-4-6-5-3-1;1-3-6-4-2-5-1;2*1-4(2)3;/h4-8H2,1-3H3;6H,1-5H2;5H,1-4H2;2*4H,1-3H3;1H4. The Hall–Kier alpha value is 0.230. The van der Waals surface area contributed by atoms with Crippen molar-refractivity contribution in [2.45, 2.75) is 114 Å². The molecule has 3 rings (SSSR count). The van der Waals surface area contributed by atoms with E-state index in [1.165, 1.54) is 89.3 Å². The molecule has 0 unspecified atom stereocenters. The van der Waals surface area contributed by atoms with Gasteiger partial charge in [0.2, 0.25) is 0 Å². The van der Waals surface area contributed by atoms with Crippen LogP contribution in [-0.4, -0.2) is 61.2 Å². The van der Waals surface area contributed by atoms with Gasteiger partial charge in [-0.25, -0.2) is 0 Å². The van der Waals surface area contributed by atoms with E-state index >= 15 is 0 Å². The minimum atomic E-state index is 0. The summed E-state index contributed by atoms with van der Waals surface area (Å²) in [5.74, 6) is 4.28. The maximum atomic E-state index is 3.28. The second kappa shape index (κ2) is 24.9. The maximum absolute atomic E-state index is 3.28. The zero-order valence-electron chi connectivity index (χ0n) is 22.4. The normalized spacial score (nSPS) is 19.1. The van der Waals surface area contributed by atoms with E-state index in [0.717, 1.165) is 11.8 Å². The summed E-state index contributed by atoms with van der Waals surface area (Å²) in [7, 11) is 0. The van der Waals surface area contributed by atoms with E-state index in [1.807, 2.05) is 11.8 Å². The first kappa shape index (κ1) is 35.8. The summed E-state index contributed by atoms with van der Waals surface area (Å²) in [5, 5.41) is 6.55. The van der Waals surface area contributed by atoms with Gasteiger partial charge in [-0.1, -0.05) is 61.8 Å². The molecule has 4 heteroatoms. The highest BCUT2D eigenvalue weighted by Crippen LogP contribution is 2.19. The van der Waals surface area contributed by atoms with Crippen LogP contribution in [0.2, 0.25) is 0 Å². The fourth-order valence-corrected chi connectivity index (χ4v) is 3.66. The Kier molecular flexibility index (Phi) is 28.7. The van der Waals surface area contributed by atoms with Gasteiger partial charge < -0.3 is 10.6 Å². The van der Waals surface area contributed by atoms with Gasteiger partial charge in [-0.3, -0.25) is 4.90 Å². The maximum Gasteiger partial charge on any atom is 0.0125 e. The molecule has 31 heavy (non-hydrogen) atoms. The van der Waals surface area contributed by atoms with Crippen LogP contribution in [0.3, 0.4) is 0 Å². The molecule has 192 valence electrons. The molecule has 0 amide bonds.